The summed E-state index contributed by atoms with van der Waals surface area (Å²) in [5.41, 5.74) is 1.28. The molecule has 0 amide bonds. The molecule has 1 aromatic rings. The van der Waals surface area contributed by atoms with Crippen LogP contribution in [-0.4, -0.2) is 11.5 Å². The van der Waals surface area contributed by atoms with Crippen molar-refractivity contribution in [2.75, 3.05) is 6.54 Å². The quantitative estimate of drug-likeness (QED) is 0.811. The van der Waals surface area contributed by atoms with Gasteiger partial charge in [0.05, 0.1) is 10.7 Å². The van der Waals surface area contributed by atoms with E-state index in [1.54, 1.807) is 0 Å². The molecule has 0 saturated carbocycles. The summed E-state index contributed by atoms with van der Waals surface area (Å²) in [4.78, 5) is 6.07. The molecule has 0 aromatic carbocycles. The number of hydrogen-bond donors (Lipinski definition) is 1. The number of aryl methyl sites for hydroxylation is 1. The minimum Gasteiger partial charge on any atom is -0.312 e. The van der Waals surface area contributed by atoms with Gasteiger partial charge < -0.3 is 5.32 Å². The smallest absolute Gasteiger partial charge is 0.0957 e. The second-order valence-electron chi connectivity index (χ2n) is 3.71. The van der Waals surface area contributed by atoms with Gasteiger partial charge in [-0.2, -0.15) is 0 Å². The zero-order chi connectivity index (χ0) is 10.6. The van der Waals surface area contributed by atoms with Crippen LogP contribution in [0.1, 0.15) is 49.2 Å². The number of nitrogens with zero attached hydrogens (tertiary/aromatic N) is 1. The van der Waals surface area contributed by atoms with Crippen LogP contribution in [0.4, 0.5) is 0 Å². The summed E-state index contributed by atoms with van der Waals surface area (Å²) in [5, 5.41) is 4.63. The number of hydrogen-bond acceptors (Lipinski definition) is 3. The fraction of sp³-hybridized carbons (Fsp3) is 0.727. The monoisotopic (exact) mass is 212 g/mol. The van der Waals surface area contributed by atoms with E-state index in [2.05, 4.69) is 38.0 Å². The van der Waals surface area contributed by atoms with Gasteiger partial charge in [-0.15, -0.1) is 11.3 Å². The highest BCUT2D eigenvalue weighted by Crippen LogP contribution is 2.25. The molecule has 0 aliphatic carbocycles. The van der Waals surface area contributed by atoms with Crippen LogP contribution < -0.4 is 5.32 Å². The van der Waals surface area contributed by atoms with E-state index < -0.39 is 0 Å². The second kappa shape index (κ2) is 5.47. The van der Waals surface area contributed by atoms with Crippen molar-refractivity contribution in [1.29, 1.82) is 0 Å². The van der Waals surface area contributed by atoms with Gasteiger partial charge in [-0.25, -0.2) is 4.98 Å². The first-order valence-electron chi connectivity index (χ1n) is 5.38. The maximum Gasteiger partial charge on any atom is 0.0957 e. The molecule has 0 atom stereocenters. The van der Waals surface area contributed by atoms with Gasteiger partial charge in [0.15, 0.2) is 0 Å². The van der Waals surface area contributed by atoms with Crippen molar-refractivity contribution < 1.29 is 0 Å². The van der Waals surface area contributed by atoms with Gasteiger partial charge in [-0.05, 0) is 13.0 Å². The minimum absolute atomic E-state index is 0.556. The Balaban J connectivity index is 2.79. The summed E-state index contributed by atoms with van der Waals surface area (Å²) in [6.45, 7) is 10.7. The molecule has 2 nitrogen and oxygen atoms in total. The van der Waals surface area contributed by atoms with E-state index in [9.17, 15) is 0 Å². The Bertz CT molecular complexity index is 279. The Labute approximate surface area is 90.8 Å². The fourth-order valence-corrected chi connectivity index (χ4v) is 2.43. The van der Waals surface area contributed by atoms with Crippen molar-refractivity contribution in [1.82, 2.24) is 10.3 Å². The lowest BCUT2D eigenvalue weighted by molar-refractivity contribution is 0.727. The van der Waals surface area contributed by atoms with E-state index in [4.69, 9.17) is 0 Å². The van der Waals surface area contributed by atoms with Gasteiger partial charge in [0.1, 0.15) is 0 Å². The Hall–Kier alpha value is -0.410. The number of nitrogens with one attached hydrogen (secondary N) is 1. The average Bonchev–Trinajstić information content (AvgIpc) is 2.57. The summed E-state index contributed by atoms with van der Waals surface area (Å²) in [6, 6.07) is 0. The van der Waals surface area contributed by atoms with E-state index in [-0.39, 0.29) is 0 Å². The third-order valence-corrected chi connectivity index (χ3v) is 3.56. The zero-order valence-corrected chi connectivity index (χ0v) is 10.4. The first-order valence-corrected chi connectivity index (χ1v) is 6.19. The van der Waals surface area contributed by atoms with Gasteiger partial charge in [0, 0.05) is 17.3 Å². The molecule has 14 heavy (non-hydrogen) atoms. The molecule has 1 rings (SSSR count). The lowest BCUT2D eigenvalue weighted by atomic mass is 10.2. The topological polar surface area (TPSA) is 24.9 Å². The normalized spacial score (nSPS) is 11.2. The highest BCUT2D eigenvalue weighted by atomic mass is 32.1. The molecule has 0 saturated heterocycles. The molecule has 1 heterocycles. The molecule has 0 fully saturated rings. The van der Waals surface area contributed by atoms with Crippen LogP contribution in [0, 0.1) is 0 Å². The first-order chi connectivity index (χ1) is 6.69. The van der Waals surface area contributed by atoms with Gasteiger partial charge in [0.2, 0.25) is 0 Å². The van der Waals surface area contributed by atoms with Crippen LogP contribution in [-0.2, 0) is 13.0 Å². The largest absolute Gasteiger partial charge is 0.312 e. The molecular weight excluding hydrogens is 192 g/mol. The minimum atomic E-state index is 0.556. The lowest BCUT2D eigenvalue weighted by Crippen LogP contribution is -2.11. The molecule has 1 aromatic heterocycles. The fourth-order valence-electron chi connectivity index (χ4n) is 1.30. The van der Waals surface area contributed by atoms with Crippen molar-refractivity contribution in [3.8, 4) is 0 Å². The maximum absolute atomic E-state index is 4.66. The number of thiazole rings is 1. The SMILES string of the molecule is CCNCc1sc(C(C)C)nc1CC. The summed E-state index contributed by atoms with van der Waals surface area (Å²) in [7, 11) is 0. The van der Waals surface area contributed by atoms with Crippen molar-refractivity contribution in [3.05, 3.63) is 15.6 Å². The summed E-state index contributed by atoms with van der Waals surface area (Å²) in [6.07, 6.45) is 1.05. The van der Waals surface area contributed by atoms with Crippen molar-refractivity contribution in [2.45, 2.75) is 46.6 Å². The van der Waals surface area contributed by atoms with Crippen molar-refractivity contribution >= 4 is 11.3 Å². The predicted octanol–water partition coefficient (Wildman–Crippen LogP) is 2.94. The van der Waals surface area contributed by atoms with Crippen molar-refractivity contribution in [3.63, 3.8) is 0 Å². The van der Waals surface area contributed by atoms with Crippen molar-refractivity contribution in [2.24, 2.45) is 0 Å². The molecule has 0 spiro atoms. The van der Waals surface area contributed by atoms with Crippen LogP contribution in [0.5, 0.6) is 0 Å². The average molecular weight is 212 g/mol. The van der Waals surface area contributed by atoms with Crippen LogP contribution in [0.3, 0.4) is 0 Å². The molecule has 3 heteroatoms. The second-order valence-corrected chi connectivity index (χ2v) is 4.83. The first kappa shape index (κ1) is 11.7. The highest BCUT2D eigenvalue weighted by molar-refractivity contribution is 7.11. The zero-order valence-electron chi connectivity index (χ0n) is 9.55. The lowest BCUT2D eigenvalue weighted by Gasteiger charge is -1.99. The molecule has 0 aliphatic rings. The van der Waals surface area contributed by atoms with Crippen LogP contribution >= 0.6 is 11.3 Å². The molecule has 80 valence electrons. The third kappa shape index (κ3) is 2.79. The molecule has 0 radical (unpaired) electrons. The maximum atomic E-state index is 4.66. The van der Waals surface area contributed by atoms with E-state index in [1.807, 2.05) is 11.3 Å². The third-order valence-electron chi connectivity index (χ3n) is 2.16. The summed E-state index contributed by atoms with van der Waals surface area (Å²) in [5.74, 6) is 0.556. The molecule has 1 N–H and O–H groups in total. The van der Waals surface area contributed by atoms with E-state index >= 15 is 0 Å². The summed E-state index contributed by atoms with van der Waals surface area (Å²) >= 11 is 1.86. The van der Waals surface area contributed by atoms with Crippen LogP contribution in [0.25, 0.3) is 0 Å². The Kier molecular flexibility index (Phi) is 4.55. The van der Waals surface area contributed by atoms with Crippen LogP contribution in [0.15, 0.2) is 0 Å². The highest BCUT2D eigenvalue weighted by Gasteiger charge is 2.11. The standard InChI is InChI=1S/C11H20N2S/c1-5-9-10(7-12-6-2)14-11(13-9)8(3)4/h8,12H,5-7H2,1-4H3. The van der Waals surface area contributed by atoms with E-state index in [0.717, 1.165) is 19.5 Å². The van der Waals surface area contributed by atoms with Gasteiger partial charge in [-0.3, -0.25) is 0 Å². The Morgan fingerprint density at radius 3 is 2.57 bits per heavy atom. The van der Waals surface area contributed by atoms with Gasteiger partial charge in [-0.1, -0.05) is 27.7 Å². The van der Waals surface area contributed by atoms with Gasteiger partial charge >= 0.3 is 0 Å². The molecule has 0 aliphatic heterocycles. The Morgan fingerprint density at radius 2 is 2.07 bits per heavy atom. The predicted molar refractivity (Wildman–Crippen MR) is 63.0 cm³/mol. The number of rotatable bonds is 5. The van der Waals surface area contributed by atoms with E-state index in [0.29, 0.717) is 5.92 Å². The summed E-state index contributed by atoms with van der Waals surface area (Å²) < 4.78 is 0. The molecule has 0 unspecified atom stereocenters. The van der Waals surface area contributed by atoms with Crippen LogP contribution in [0.2, 0.25) is 0 Å². The molecular formula is C11H20N2S. The Morgan fingerprint density at radius 1 is 1.36 bits per heavy atom. The van der Waals surface area contributed by atoms with Gasteiger partial charge in [0.25, 0.3) is 0 Å². The number of aromatic nitrogens is 1. The molecule has 0 bridgehead atoms. The van der Waals surface area contributed by atoms with E-state index in [1.165, 1.54) is 15.6 Å².